The third kappa shape index (κ3) is 4.10. The van der Waals surface area contributed by atoms with Gasteiger partial charge in [-0.25, -0.2) is 4.98 Å². The van der Waals surface area contributed by atoms with E-state index in [0.717, 1.165) is 17.1 Å². The van der Waals surface area contributed by atoms with Gasteiger partial charge in [0, 0.05) is 11.8 Å². The van der Waals surface area contributed by atoms with Crippen LogP contribution in [0.5, 0.6) is 11.5 Å². The zero-order valence-electron chi connectivity index (χ0n) is 14.5. The Morgan fingerprint density at radius 1 is 0.923 bits per heavy atom. The van der Waals surface area contributed by atoms with Gasteiger partial charge < -0.3 is 20.1 Å². The van der Waals surface area contributed by atoms with Crippen LogP contribution in [-0.4, -0.2) is 25.1 Å². The summed E-state index contributed by atoms with van der Waals surface area (Å²) in [5, 5.41) is 6.02. The molecule has 0 atom stereocenters. The first-order valence-corrected chi connectivity index (χ1v) is 8.01. The topological polar surface area (TPSA) is 72.5 Å². The van der Waals surface area contributed by atoms with Crippen molar-refractivity contribution in [3.8, 4) is 11.5 Å². The number of carbonyl (C=O) groups is 1. The van der Waals surface area contributed by atoms with Gasteiger partial charge in [0.25, 0.3) is 5.91 Å². The summed E-state index contributed by atoms with van der Waals surface area (Å²) >= 11 is 0. The first kappa shape index (κ1) is 17.3. The Balaban J connectivity index is 1.69. The fourth-order valence-electron chi connectivity index (χ4n) is 2.40. The average molecular weight is 349 g/mol. The van der Waals surface area contributed by atoms with Crippen molar-refractivity contribution in [2.45, 2.75) is 0 Å². The van der Waals surface area contributed by atoms with Gasteiger partial charge in [0.1, 0.15) is 17.2 Å². The van der Waals surface area contributed by atoms with Crippen molar-refractivity contribution in [1.82, 2.24) is 4.98 Å². The van der Waals surface area contributed by atoms with Crippen LogP contribution in [0.3, 0.4) is 0 Å². The van der Waals surface area contributed by atoms with Gasteiger partial charge in [-0.2, -0.15) is 0 Å². The van der Waals surface area contributed by atoms with Gasteiger partial charge in [0.15, 0.2) is 0 Å². The second-order valence-corrected chi connectivity index (χ2v) is 5.44. The van der Waals surface area contributed by atoms with Crippen molar-refractivity contribution >= 4 is 23.0 Å². The molecule has 0 spiro atoms. The Labute approximate surface area is 151 Å². The summed E-state index contributed by atoms with van der Waals surface area (Å²) in [5.74, 6) is 1.11. The standard InChI is InChI=1S/C20H19N3O3/c1-25-16-7-5-6-14(12-16)23-20(24)18-11-10-15(13-21-18)22-17-8-3-4-9-19(17)26-2/h3-13,22H,1-2H3,(H,23,24). The lowest BCUT2D eigenvalue weighted by Gasteiger charge is -2.11. The summed E-state index contributed by atoms with van der Waals surface area (Å²) in [6, 6.07) is 18.2. The van der Waals surface area contributed by atoms with Crippen LogP contribution >= 0.6 is 0 Å². The molecule has 0 radical (unpaired) electrons. The van der Waals surface area contributed by atoms with Crippen molar-refractivity contribution in [1.29, 1.82) is 0 Å². The highest BCUT2D eigenvalue weighted by atomic mass is 16.5. The number of hydrogen-bond acceptors (Lipinski definition) is 5. The van der Waals surface area contributed by atoms with Crippen LogP contribution in [0.15, 0.2) is 66.9 Å². The van der Waals surface area contributed by atoms with Crippen LogP contribution in [0.4, 0.5) is 17.1 Å². The Kier molecular flexibility index (Phi) is 5.34. The minimum Gasteiger partial charge on any atom is -0.497 e. The summed E-state index contributed by atoms with van der Waals surface area (Å²) in [6.07, 6.45) is 1.60. The van der Waals surface area contributed by atoms with E-state index in [1.54, 1.807) is 44.7 Å². The molecular weight excluding hydrogens is 330 g/mol. The van der Waals surface area contributed by atoms with Gasteiger partial charge >= 0.3 is 0 Å². The number of amides is 1. The summed E-state index contributed by atoms with van der Waals surface area (Å²) in [4.78, 5) is 16.6. The summed E-state index contributed by atoms with van der Waals surface area (Å²) < 4.78 is 10.5. The first-order chi connectivity index (χ1) is 12.7. The molecule has 0 bridgehead atoms. The second kappa shape index (κ2) is 8.02. The van der Waals surface area contributed by atoms with Crippen LogP contribution in [0.25, 0.3) is 0 Å². The van der Waals surface area contributed by atoms with Gasteiger partial charge in [-0.1, -0.05) is 18.2 Å². The highest BCUT2D eigenvalue weighted by Crippen LogP contribution is 2.26. The highest BCUT2D eigenvalue weighted by Gasteiger charge is 2.09. The van der Waals surface area contributed by atoms with Gasteiger partial charge in [0.05, 0.1) is 31.8 Å². The Hall–Kier alpha value is -3.54. The number of pyridine rings is 1. The summed E-state index contributed by atoms with van der Waals surface area (Å²) in [5.41, 5.74) is 2.54. The van der Waals surface area contributed by atoms with Crippen molar-refractivity contribution in [2.24, 2.45) is 0 Å². The number of anilines is 3. The fraction of sp³-hybridized carbons (Fsp3) is 0.100. The van der Waals surface area contributed by atoms with Gasteiger partial charge in [-0.3, -0.25) is 4.79 Å². The zero-order chi connectivity index (χ0) is 18.4. The molecule has 0 aliphatic rings. The largest absolute Gasteiger partial charge is 0.497 e. The van der Waals surface area contributed by atoms with Crippen molar-refractivity contribution in [3.05, 3.63) is 72.6 Å². The molecule has 2 N–H and O–H groups in total. The molecule has 1 aromatic heterocycles. The molecule has 132 valence electrons. The summed E-state index contributed by atoms with van der Waals surface area (Å²) in [6.45, 7) is 0. The molecule has 0 aliphatic carbocycles. The molecule has 0 saturated heterocycles. The SMILES string of the molecule is COc1cccc(NC(=O)c2ccc(Nc3ccccc3OC)cn2)c1. The Morgan fingerprint density at radius 2 is 1.77 bits per heavy atom. The predicted molar refractivity (Wildman–Crippen MR) is 101 cm³/mol. The van der Waals surface area contributed by atoms with E-state index in [1.807, 2.05) is 36.4 Å². The van der Waals surface area contributed by atoms with E-state index in [0.29, 0.717) is 17.1 Å². The van der Waals surface area contributed by atoms with Crippen molar-refractivity contribution in [3.63, 3.8) is 0 Å². The maximum atomic E-state index is 12.3. The average Bonchev–Trinajstić information content (AvgIpc) is 2.69. The Morgan fingerprint density at radius 3 is 2.50 bits per heavy atom. The Bertz CT molecular complexity index is 895. The third-order valence-electron chi connectivity index (χ3n) is 3.71. The van der Waals surface area contributed by atoms with E-state index in [1.165, 1.54) is 0 Å². The van der Waals surface area contributed by atoms with E-state index in [-0.39, 0.29) is 5.91 Å². The molecule has 3 rings (SSSR count). The van der Waals surface area contributed by atoms with E-state index in [4.69, 9.17) is 9.47 Å². The number of para-hydroxylation sites is 2. The smallest absolute Gasteiger partial charge is 0.274 e. The third-order valence-corrected chi connectivity index (χ3v) is 3.71. The first-order valence-electron chi connectivity index (χ1n) is 8.01. The number of nitrogens with one attached hydrogen (secondary N) is 2. The lowest BCUT2D eigenvalue weighted by Crippen LogP contribution is -2.13. The molecule has 2 aromatic carbocycles. The number of benzene rings is 2. The quantitative estimate of drug-likeness (QED) is 0.701. The molecular formula is C20H19N3O3. The van der Waals surface area contributed by atoms with E-state index in [9.17, 15) is 4.79 Å². The zero-order valence-corrected chi connectivity index (χ0v) is 14.5. The molecule has 6 nitrogen and oxygen atoms in total. The van der Waals surface area contributed by atoms with Crippen LogP contribution in [-0.2, 0) is 0 Å². The van der Waals surface area contributed by atoms with E-state index in [2.05, 4.69) is 15.6 Å². The lowest BCUT2D eigenvalue weighted by atomic mass is 10.2. The maximum Gasteiger partial charge on any atom is 0.274 e. The molecule has 0 fully saturated rings. The molecule has 1 amide bonds. The highest BCUT2D eigenvalue weighted by molar-refractivity contribution is 6.03. The van der Waals surface area contributed by atoms with Crippen molar-refractivity contribution < 1.29 is 14.3 Å². The fourth-order valence-corrected chi connectivity index (χ4v) is 2.40. The van der Waals surface area contributed by atoms with Crippen molar-refractivity contribution in [2.75, 3.05) is 24.9 Å². The minimum atomic E-state index is -0.290. The molecule has 0 aliphatic heterocycles. The van der Waals surface area contributed by atoms with Gasteiger partial charge in [-0.15, -0.1) is 0 Å². The van der Waals surface area contributed by atoms with Crippen LogP contribution in [0, 0.1) is 0 Å². The number of hydrogen-bond donors (Lipinski definition) is 2. The molecule has 1 heterocycles. The van der Waals surface area contributed by atoms with Gasteiger partial charge in [0.2, 0.25) is 0 Å². The number of rotatable bonds is 6. The molecule has 6 heteroatoms. The molecule has 0 unspecified atom stereocenters. The second-order valence-electron chi connectivity index (χ2n) is 5.44. The lowest BCUT2D eigenvalue weighted by molar-refractivity contribution is 0.102. The van der Waals surface area contributed by atoms with Crippen LogP contribution in [0.1, 0.15) is 10.5 Å². The minimum absolute atomic E-state index is 0.290. The number of carbonyl (C=O) groups excluding carboxylic acids is 1. The predicted octanol–water partition coefficient (Wildman–Crippen LogP) is 4.09. The van der Waals surface area contributed by atoms with Gasteiger partial charge in [-0.05, 0) is 36.4 Å². The number of nitrogens with zero attached hydrogens (tertiary/aromatic N) is 1. The molecule has 0 saturated carbocycles. The van der Waals surface area contributed by atoms with Crippen LogP contribution in [0.2, 0.25) is 0 Å². The number of aromatic nitrogens is 1. The maximum absolute atomic E-state index is 12.3. The van der Waals surface area contributed by atoms with E-state index >= 15 is 0 Å². The number of methoxy groups -OCH3 is 2. The monoisotopic (exact) mass is 349 g/mol. The van der Waals surface area contributed by atoms with Crippen LogP contribution < -0.4 is 20.1 Å². The molecule has 3 aromatic rings. The summed E-state index contributed by atoms with van der Waals surface area (Å²) in [7, 11) is 3.20. The van der Waals surface area contributed by atoms with E-state index < -0.39 is 0 Å². The molecule has 26 heavy (non-hydrogen) atoms. The number of ether oxygens (including phenoxy) is 2. The normalized spacial score (nSPS) is 10.1.